The smallest absolute Gasteiger partial charge is 0.254 e. The van der Waals surface area contributed by atoms with Crippen LogP contribution in [0.25, 0.3) is 11.3 Å². The summed E-state index contributed by atoms with van der Waals surface area (Å²) in [5.41, 5.74) is 3.59. The first-order valence-corrected chi connectivity index (χ1v) is 10.0. The minimum atomic E-state index is -1.50. The molecule has 1 aromatic carbocycles. The molecule has 0 radical (unpaired) electrons. The second-order valence-electron chi connectivity index (χ2n) is 7.72. The number of ether oxygens (including phenoxy) is 1. The molecule has 0 N–H and O–H groups in total. The molecule has 0 aliphatic carbocycles. The van der Waals surface area contributed by atoms with Crippen LogP contribution in [0.3, 0.4) is 0 Å². The van der Waals surface area contributed by atoms with Crippen molar-refractivity contribution in [3.05, 3.63) is 64.2 Å². The third kappa shape index (κ3) is 3.24. The number of pyridine rings is 1. The van der Waals surface area contributed by atoms with E-state index in [0.29, 0.717) is 42.4 Å². The van der Waals surface area contributed by atoms with Crippen LogP contribution in [0, 0.1) is 17.5 Å². The maximum Gasteiger partial charge on any atom is 0.254 e. The largest absolute Gasteiger partial charge is 0.477 e. The third-order valence-electron chi connectivity index (χ3n) is 5.80. The van der Waals surface area contributed by atoms with Gasteiger partial charge in [-0.2, -0.15) is 5.10 Å². The zero-order valence-electron chi connectivity index (χ0n) is 16.8. The molecular formula is C22H19F3N4O2. The average Bonchev–Trinajstić information content (AvgIpc) is 3.11. The lowest BCUT2D eigenvalue weighted by molar-refractivity contribution is 0.0729. The SMILES string of the molecule is Cn1nc2c(c1-c1cc(F)c(F)c(F)c1)CCN(C(=O)c1ccnc3c1CCCO3)C2. The van der Waals surface area contributed by atoms with Gasteiger partial charge in [0.15, 0.2) is 17.5 Å². The van der Waals surface area contributed by atoms with Gasteiger partial charge >= 0.3 is 0 Å². The maximum absolute atomic E-state index is 13.8. The number of carbonyl (C=O) groups excluding carboxylic acids is 1. The fraction of sp³-hybridized carbons (Fsp3) is 0.318. The highest BCUT2D eigenvalue weighted by molar-refractivity contribution is 5.96. The molecule has 0 saturated heterocycles. The van der Waals surface area contributed by atoms with Gasteiger partial charge in [0.05, 0.1) is 24.5 Å². The zero-order chi connectivity index (χ0) is 21.7. The first-order chi connectivity index (χ1) is 14.9. The van der Waals surface area contributed by atoms with E-state index in [4.69, 9.17) is 4.74 Å². The molecule has 0 spiro atoms. The second-order valence-corrected chi connectivity index (χ2v) is 7.72. The number of hydrogen-bond donors (Lipinski definition) is 0. The summed E-state index contributed by atoms with van der Waals surface area (Å²) < 4.78 is 48.0. The Morgan fingerprint density at radius 2 is 1.90 bits per heavy atom. The second kappa shape index (κ2) is 7.40. The number of hydrogen-bond acceptors (Lipinski definition) is 4. The van der Waals surface area contributed by atoms with Crippen LogP contribution in [0.1, 0.15) is 33.6 Å². The molecule has 0 unspecified atom stereocenters. The van der Waals surface area contributed by atoms with E-state index >= 15 is 0 Å². The van der Waals surface area contributed by atoms with Gasteiger partial charge in [-0.15, -0.1) is 0 Å². The summed E-state index contributed by atoms with van der Waals surface area (Å²) in [5, 5.41) is 4.47. The topological polar surface area (TPSA) is 60.2 Å². The Kier molecular flexibility index (Phi) is 4.68. The van der Waals surface area contributed by atoms with E-state index in [1.807, 2.05) is 0 Å². The van der Waals surface area contributed by atoms with Crippen molar-refractivity contribution in [3.63, 3.8) is 0 Å². The molecule has 4 heterocycles. The highest BCUT2D eigenvalue weighted by atomic mass is 19.2. The predicted octanol–water partition coefficient (Wildman–Crippen LogP) is 3.42. The van der Waals surface area contributed by atoms with Crippen molar-refractivity contribution in [3.8, 4) is 17.1 Å². The molecule has 0 fully saturated rings. The van der Waals surface area contributed by atoms with Crippen LogP contribution in [-0.4, -0.2) is 38.7 Å². The highest BCUT2D eigenvalue weighted by Crippen LogP contribution is 2.33. The van der Waals surface area contributed by atoms with E-state index in [-0.39, 0.29) is 18.0 Å². The van der Waals surface area contributed by atoms with Crippen LogP contribution >= 0.6 is 0 Å². The summed E-state index contributed by atoms with van der Waals surface area (Å²) >= 11 is 0. The van der Waals surface area contributed by atoms with E-state index in [9.17, 15) is 18.0 Å². The maximum atomic E-state index is 13.8. The van der Waals surface area contributed by atoms with Gasteiger partial charge in [-0.25, -0.2) is 18.2 Å². The molecule has 5 rings (SSSR count). The summed E-state index contributed by atoms with van der Waals surface area (Å²) in [6.07, 6.45) is 3.61. The van der Waals surface area contributed by atoms with Crippen LogP contribution in [0.15, 0.2) is 24.4 Å². The lowest BCUT2D eigenvalue weighted by atomic mass is 9.97. The molecule has 1 amide bonds. The normalized spacial score (nSPS) is 15.3. The quantitative estimate of drug-likeness (QED) is 0.587. The number of carbonyl (C=O) groups is 1. The monoisotopic (exact) mass is 428 g/mol. The summed E-state index contributed by atoms with van der Waals surface area (Å²) in [6, 6.07) is 3.65. The van der Waals surface area contributed by atoms with Crippen LogP contribution < -0.4 is 4.74 Å². The Morgan fingerprint density at radius 3 is 2.68 bits per heavy atom. The van der Waals surface area contributed by atoms with Crippen molar-refractivity contribution in [1.82, 2.24) is 19.7 Å². The number of fused-ring (bicyclic) bond motifs is 2. The number of rotatable bonds is 2. The van der Waals surface area contributed by atoms with Crippen LogP contribution in [-0.2, 0) is 26.4 Å². The lowest BCUT2D eigenvalue weighted by Crippen LogP contribution is -2.36. The molecule has 9 heteroatoms. The van der Waals surface area contributed by atoms with Gasteiger partial charge in [0.25, 0.3) is 5.91 Å². The van der Waals surface area contributed by atoms with Crippen LogP contribution in [0.5, 0.6) is 5.88 Å². The molecule has 2 aliphatic rings. The fourth-order valence-corrected chi connectivity index (χ4v) is 4.37. The van der Waals surface area contributed by atoms with Crippen molar-refractivity contribution in [1.29, 1.82) is 0 Å². The first-order valence-electron chi connectivity index (χ1n) is 10.0. The van der Waals surface area contributed by atoms with E-state index in [1.54, 1.807) is 24.2 Å². The molecule has 6 nitrogen and oxygen atoms in total. The molecule has 2 aromatic heterocycles. The van der Waals surface area contributed by atoms with Gasteiger partial charge < -0.3 is 9.64 Å². The van der Waals surface area contributed by atoms with Crippen molar-refractivity contribution >= 4 is 5.91 Å². The Bertz CT molecular complexity index is 1180. The van der Waals surface area contributed by atoms with Gasteiger partial charge in [-0.1, -0.05) is 0 Å². The first kappa shape index (κ1) is 19.6. The highest BCUT2D eigenvalue weighted by Gasteiger charge is 2.30. The average molecular weight is 428 g/mol. The molecule has 3 aromatic rings. The molecule has 2 aliphatic heterocycles. The Labute approximate surface area is 176 Å². The van der Waals surface area contributed by atoms with E-state index in [2.05, 4.69) is 10.1 Å². The molecule has 0 bridgehead atoms. The predicted molar refractivity (Wildman–Crippen MR) is 105 cm³/mol. The molecule has 0 saturated carbocycles. The van der Waals surface area contributed by atoms with E-state index in [0.717, 1.165) is 36.1 Å². The van der Waals surface area contributed by atoms with E-state index in [1.165, 1.54) is 4.68 Å². The fourth-order valence-electron chi connectivity index (χ4n) is 4.37. The Hall–Kier alpha value is -3.36. The summed E-state index contributed by atoms with van der Waals surface area (Å²) in [4.78, 5) is 19.2. The molecule has 0 atom stereocenters. The van der Waals surface area contributed by atoms with E-state index < -0.39 is 17.5 Å². The molecular weight excluding hydrogens is 409 g/mol. The van der Waals surface area contributed by atoms with Crippen molar-refractivity contribution in [2.75, 3.05) is 13.2 Å². The van der Waals surface area contributed by atoms with Crippen LogP contribution in [0.2, 0.25) is 0 Å². The summed E-state index contributed by atoms with van der Waals surface area (Å²) in [7, 11) is 1.66. The lowest BCUT2D eigenvalue weighted by Gasteiger charge is -2.28. The number of aryl methyl sites for hydroxylation is 1. The number of nitrogens with zero attached hydrogens (tertiary/aromatic N) is 4. The van der Waals surface area contributed by atoms with Crippen molar-refractivity contribution < 1.29 is 22.7 Å². The third-order valence-corrected chi connectivity index (χ3v) is 5.80. The Balaban J connectivity index is 1.46. The minimum absolute atomic E-state index is 0.124. The molecule has 160 valence electrons. The van der Waals surface area contributed by atoms with Gasteiger partial charge in [0.2, 0.25) is 5.88 Å². The van der Waals surface area contributed by atoms with Crippen LogP contribution in [0.4, 0.5) is 13.2 Å². The number of benzene rings is 1. The minimum Gasteiger partial charge on any atom is -0.477 e. The number of halogens is 3. The summed E-state index contributed by atoms with van der Waals surface area (Å²) in [6.45, 7) is 1.28. The Morgan fingerprint density at radius 1 is 1.13 bits per heavy atom. The zero-order valence-corrected chi connectivity index (χ0v) is 16.8. The summed E-state index contributed by atoms with van der Waals surface area (Å²) in [5.74, 6) is -3.61. The standard InChI is InChI=1S/C22H19F3N4O2/c1-28-20(12-9-16(23)19(25)17(24)10-12)15-5-7-29(11-18(15)27-28)22(30)14-4-6-26-21-13(14)3-2-8-31-21/h4,6,9-10H,2-3,5,7-8,11H2,1H3. The number of aromatic nitrogens is 3. The van der Waals surface area contributed by atoms with Crippen molar-refractivity contribution in [2.24, 2.45) is 7.05 Å². The number of amides is 1. The molecule has 31 heavy (non-hydrogen) atoms. The van der Waals surface area contributed by atoms with Gasteiger partial charge in [0, 0.05) is 42.0 Å². The van der Waals surface area contributed by atoms with Crippen molar-refractivity contribution in [2.45, 2.75) is 25.8 Å². The van der Waals surface area contributed by atoms with Gasteiger partial charge in [0.1, 0.15) is 0 Å². The van der Waals surface area contributed by atoms with Gasteiger partial charge in [-0.3, -0.25) is 9.48 Å². The van der Waals surface area contributed by atoms with Gasteiger partial charge in [-0.05, 0) is 37.5 Å².